The first-order valence-corrected chi connectivity index (χ1v) is 10.4. The molecule has 0 heterocycles. The number of nitrogens with zero attached hydrogens (tertiary/aromatic N) is 1. The molecule has 1 amide bonds. The molecule has 6 heteroatoms. The van der Waals surface area contributed by atoms with Crippen LogP contribution in [0.25, 0.3) is 0 Å². The maximum Gasteiger partial charge on any atom is 0.262 e. The summed E-state index contributed by atoms with van der Waals surface area (Å²) in [5.41, 5.74) is 6.44. The van der Waals surface area contributed by atoms with Crippen LogP contribution in [0.15, 0.2) is 82.4 Å². The van der Waals surface area contributed by atoms with Crippen molar-refractivity contribution in [2.24, 2.45) is 5.10 Å². The predicted octanol–water partition coefficient (Wildman–Crippen LogP) is 5.29. The highest BCUT2D eigenvalue weighted by atomic mass is 79.9. The number of benzene rings is 3. The Morgan fingerprint density at radius 2 is 1.77 bits per heavy atom. The molecule has 0 saturated carbocycles. The Morgan fingerprint density at radius 1 is 1.07 bits per heavy atom. The van der Waals surface area contributed by atoms with Gasteiger partial charge in [0.05, 0.1) is 6.21 Å². The molecule has 1 unspecified atom stereocenters. The summed E-state index contributed by atoms with van der Waals surface area (Å²) >= 11 is 3.43. The zero-order chi connectivity index (χ0) is 21.3. The molecule has 1 atom stereocenters. The third-order valence-electron chi connectivity index (χ3n) is 4.52. The number of anilines is 1. The molecule has 30 heavy (non-hydrogen) atoms. The molecule has 0 aliphatic carbocycles. The molecule has 0 fully saturated rings. The van der Waals surface area contributed by atoms with E-state index in [1.807, 2.05) is 79.7 Å². The monoisotopic (exact) mass is 465 g/mol. The molecule has 0 aliphatic heterocycles. The standard InChI is InChI=1S/C24H24BrN3O2/c1-17-7-3-5-9-22(17)27-18(2)24(29)28-26-15-20-8-4-6-10-23(20)30-16-19-11-13-21(25)14-12-19/h3-15,18,27H,16H2,1-2H3,(H,28,29). The minimum Gasteiger partial charge on any atom is -0.488 e. The van der Waals surface area contributed by atoms with E-state index in [4.69, 9.17) is 4.74 Å². The first kappa shape index (κ1) is 21.6. The highest BCUT2D eigenvalue weighted by Crippen LogP contribution is 2.19. The Kier molecular flexibility index (Phi) is 7.63. The zero-order valence-electron chi connectivity index (χ0n) is 16.9. The molecule has 5 nitrogen and oxygen atoms in total. The van der Waals surface area contributed by atoms with Crippen LogP contribution in [0.1, 0.15) is 23.6 Å². The smallest absolute Gasteiger partial charge is 0.262 e. The van der Waals surface area contributed by atoms with E-state index in [9.17, 15) is 4.79 Å². The van der Waals surface area contributed by atoms with Gasteiger partial charge in [0.1, 0.15) is 18.4 Å². The number of para-hydroxylation sites is 2. The van der Waals surface area contributed by atoms with E-state index >= 15 is 0 Å². The second-order valence-electron chi connectivity index (χ2n) is 6.87. The molecule has 0 aliphatic rings. The van der Waals surface area contributed by atoms with Crippen LogP contribution in [0.4, 0.5) is 5.69 Å². The lowest BCUT2D eigenvalue weighted by molar-refractivity contribution is -0.121. The Labute approximate surface area is 185 Å². The average molecular weight is 466 g/mol. The predicted molar refractivity (Wildman–Crippen MR) is 125 cm³/mol. The van der Waals surface area contributed by atoms with Gasteiger partial charge >= 0.3 is 0 Å². The summed E-state index contributed by atoms with van der Waals surface area (Å²) in [4.78, 5) is 12.3. The third-order valence-corrected chi connectivity index (χ3v) is 5.04. The van der Waals surface area contributed by atoms with E-state index in [1.54, 1.807) is 13.1 Å². The number of ether oxygens (including phenoxy) is 1. The van der Waals surface area contributed by atoms with Gasteiger partial charge < -0.3 is 10.1 Å². The lowest BCUT2D eigenvalue weighted by Gasteiger charge is -2.15. The van der Waals surface area contributed by atoms with Gasteiger partial charge in [-0.25, -0.2) is 5.43 Å². The van der Waals surface area contributed by atoms with Gasteiger partial charge in [-0.2, -0.15) is 5.10 Å². The number of aryl methyl sites for hydroxylation is 1. The molecule has 0 aromatic heterocycles. The fourth-order valence-corrected chi connectivity index (χ4v) is 3.02. The highest BCUT2D eigenvalue weighted by Gasteiger charge is 2.12. The van der Waals surface area contributed by atoms with E-state index in [0.29, 0.717) is 12.4 Å². The second kappa shape index (κ2) is 10.6. The highest BCUT2D eigenvalue weighted by molar-refractivity contribution is 9.10. The fraction of sp³-hybridized carbons (Fsp3) is 0.167. The summed E-state index contributed by atoms with van der Waals surface area (Å²) in [6.45, 7) is 4.24. The molecule has 0 radical (unpaired) electrons. The van der Waals surface area contributed by atoms with Crippen LogP contribution < -0.4 is 15.5 Å². The van der Waals surface area contributed by atoms with E-state index in [-0.39, 0.29) is 5.91 Å². The van der Waals surface area contributed by atoms with Crippen LogP contribution in [0.3, 0.4) is 0 Å². The van der Waals surface area contributed by atoms with E-state index in [1.165, 1.54) is 0 Å². The molecular weight excluding hydrogens is 442 g/mol. The minimum absolute atomic E-state index is 0.220. The van der Waals surface area contributed by atoms with Crippen molar-refractivity contribution in [3.63, 3.8) is 0 Å². The number of hydrogen-bond acceptors (Lipinski definition) is 4. The molecule has 0 spiro atoms. The molecule has 0 saturated heterocycles. The number of carbonyl (C=O) groups excluding carboxylic acids is 1. The Morgan fingerprint density at radius 3 is 2.53 bits per heavy atom. The van der Waals surface area contributed by atoms with Gasteiger partial charge in [0.15, 0.2) is 0 Å². The van der Waals surface area contributed by atoms with Crippen molar-refractivity contribution in [2.45, 2.75) is 26.5 Å². The maximum absolute atomic E-state index is 12.3. The van der Waals surface area contributed by atoms with Crippen molar-refractivity contribution < 1.29 is 9.53 Å². The summed E-state index contributed by atoms with van der Waals surface area (Å²) in [6.07, 6.45) is 1.59. The van der Waals surface area contributed by atoms with Crippen LogP contribution in [-0.2, 0) is 11.4 Å². The van der Waals surface area contributed by atoms with Gasteiger partial charge in [0, 0.05) is 15.7 Å². The minimum atomic E-state index is -0.424. The Bertz CT molecular complexity index is 1020. The first-order chi connectivity index (χ1) is 14.5. The van der Waals surface area contributed by atoms with Crippen LogP contribution >= 0.6 is 15.9 Å². The van der Waals surface area contributed by atoms with Gasteiger partial charge in [-0.05, 0) is 55.3 Å². The summed E-state index contributed by atoms with van der Waals surface area (Å²) < 4.78 is 6.96. The third kappa shape index (κ3) is 6.19. The van der Waals surface area contributed by atoms with Crippen LogP contribution in [0, 0.1) is 6.92 Å². The number of rotatable bonds is 8. The van der Waals surface area contributed by atoms with Gasteiger partial charge in [-0.15, -0.1) is 0 Å². The van der Waals surface area contributed by atoms with E-state index in [2.05, 4.69) is 31.8 Å². The van der Waals surface area contributed by atoms with Crippen LogP contribution in [-0.4, -0.2) is 18.2 Å². The normalized spacial score (nSPS) is 11.8. The van der Waals surface area contributed by atoms with Crippen molar-refractivity contribution >= 4 is 33.7 Å². The van der Waals surface area contributed by atoms with Crippen molar-refractivity contribution in [1.82, 2.24) is 5.43 Å². The Balaban J connectivity index is 1.57. The fourth-order valence-electron chi connectivity index (χ4n) is 2.76. The zero-order valence-corrected chi connectivity index (χ0v) is 18.5. The second-order valence-corrected chi connectivity index (χ2v) is 7.78. The van der Waals surface area contributed by atoms with Crippen molar-refractivity contribution in [3.8, 4) is 5.75 Å². The molecule has 3 rings (SSSR count). The molecular formula is C24H24BrN3O2. The summed E-state index contributed by atoms with van der Waals surface area (Å²) in [5, 5.41) is 7.30. The lowest BCUT2D eigenvalue weighted by atomic mass is 10.2. The quantitative estimate of drug-likeness (QED) is 0.351. The number of amides is 1. The van der Waals surface area contributed by atoms with Gasteiger partial charge in [0.25, 0.3) is 5.91 Å². The number of hydrogen-bond donors (Lipinski definition) is 2. The number of hydrazone groups is 1. The van der Waals surface area contributed by atoms with Crippen LogP contribution in [0.5, 0.6) is 5.75 Å². The number of carbonyl (C=O) groups is 1. The van der Waals surface area contributed by atoms with Crippen LogP contribution in [0.2, 0.25) is 0 Å². The molecule has 2 N–H and O–H groups in total. The molecule has 0 bridgehead atoms. The molecule has 3 aromatic carbocycles. The van der Waals surface area contributed by atoms with Gasteiger partial charge in [-0.1, -0.05) is 58.4 Å². The summed E-state index contributed by atoms with van der Waals surface area (Å²) in [5.74, 6) is 0.479. The maximum atomic E-state index is 12.3. The van der Waals surface area contributed by atoms with Gasteiger partial charge in [0.2, 0.25) is 0 Å². The largest absolute Gasteiger partial charge is 0.488 e. The first-order valence-electron chi connectivity index (χ1n) is 9.64. The lowest BCUT2D eigenvalue weighted by Crippen LogP contribution is -2.35. The molecule has 3 aromatic rings. The number of nitrogens with one attached hydrogen (secondary N) is 2. The Hall–Kier alpha value is -3.12. The van der Waals surface area contributed by atoms with E-state index < -0.39 is 6.04 Å². The van der Waals surface area contributed by atoms with Gasteiger partial charge in [-0.3, -0.25) is 4.79 Å². The van der Waals surface area contributed by atoms with Crippen molar-refractivity contribution in [1.29, 1.82) is 0 Å². The average Bonchev–Trinajstić information content (AvgIpc) is 2.75. The number of halogens is 1. The summed E-state index contributed by atoms with van der Waals surface area (Å²) in [7, 11) is 0. The van der Waals surface area contributed by atoms with Crippen molar-refractivity contribution in [2.75, 3.05) is 5.32 Å². The van der Waals surface area contributed by atoms with E-state index in [0.717, 1.165) is 26.9 Å². The van der Waals surface area contributed by atoms with Crippen molar-refractivity contribution in [3.05, 3.63) is 94.0 Å². The summed E-state index contributed by atoms with van der Waals surface area (Å²) in [6, 6.07) is 23.0. The topological polar surface area (TPSA) is 62.7 Å². The SMILES string of the molecule is Cc1ccccc1NC(C)C(=O)NN=Cc1ccccc1OCc1ccc(Br)cc1. The molecule has 154 valence electrons.